The number of fused-ring (bicyclic) bond motifs is 1. The standard InChI is InChI=1S/C39H35NO7/c1-4-11-28(5-2)25-47-37(42)27-45-33-22-18-31(19-23-33)39(30-16-20-32(44-3)21-17-30)34-14-9-10-15-35(34)40(38(39)43)24-36(41)46-26-29-12-7-6-8-13-29/h4-23H,1-2,24-27H2,3H3/b28-11+. The van der Waals surface area contributed by atoms with Crippen LogP contribution in [0.1, 0.15) is 22.3 Å². The second-order valence-electron chi connectivity index (χ2n) is 10.7. The van der Waals surface area contributed by atoms with Crippen molar-refractivity contribution in [2.24, 2.45) is 0 Å². The molecule has 1 unspecified atom stereocenters. The van der Waals surface area contributed by atoms with Crippen molar-refractivity contribution in [2.75, 3.05) is 31.8 Å². The van der Waals surface area contributed by atoms with E-state index in [1.165, 1.54) is 4.90 Å². The molecule has 0 aromatic heterocycles. The summed E-state index contributed by atoms with van der Waals surface area (Å²) in [5.74, 6) is -0.321. The molecular formula is C39H35NO7. The van der Waals surface area contributed by atoms with Gasteiger partial charge in [-0.15, -0.1) is 0 Å². The highest BCUT2D eigenvalue weighted by atomic mass is 16.6. The Morgan fingerprint density at radius 2 is 1.40 bits per heavy atom. The van der Waals surface area contributed by atoms with E-state index >= 15 is 0 Å². The number of esters is 2. The predicted octanol–water partition coefficient (Wildman–Crippen LogP) is 6.34. The van der Waals surface area contributed by atoms with Crippen LogP contribution in [0, 0.1) is 0 Å². The van der Waals surface area contributed by atoms with Gasteiger partial charge in [0.2, 0.25) is 5.91 Å². The van der Waals surface area contributed by atoms with Gasteiger partial charge in [-0.1, -0.05) is 104 Å². The largest absolute Gasteiger partial charge is 0.497 e. The molecule has 1 amide bonds. The Morgan fingerprint density at radius 3 is 2.04 bits per heavy atom. The number of amides is 1. The Labute approximate surface area is 274 Å². The quantitative estimate of drug-likeness (QED) is 0.119. The number of hydrogen-bond acceptors (Lipinski definition) is 7. The fourth-order valence-electron chi connectivity index (χ4n) is 5.56. The number of hydrogen-bond donors (Lipinski definition) is 0. The average Bonchev–Trinajstić information content (AvgIpc) is 3.36. The lowest BCUT2D eigenvalue weighted by Crippen LogP contribution is -2.44. The van der Waals surface area contributed by atoms with Gasteiger partial charge in [0.15, 0.2) is 6.61 Å². The van der Waals surface area contributed by atoms with Gasteiger partial charge in [-0.3, -0.25) is 14.5 Å². The van der Waals surface area contributed by atoms with Crippen LogP contribution in [0.5, 0.6) is 11.5 Å². The lowest BCUT2D eigenvalue weighted by atomic mass is 9.70. The van der Waals surface area contributed by atoms with Crippen molar-refractivity contribution in [1.82, 2.24) is 0 Å². The van der Waals surface area contributed by atoms with Crippen LogP contribution >= 0.6 is 0 Å². The fraction of sp³-hybridized carbons (Fsp3) is 0.154. The molecule has 1 aliphatic heterocycles. The zero-order valence-corrected chi connectivity index (χ0v) is 26.1. The number of allylic oxidation sites excluding steroid dienone is 2. The first-order valence-corrected chi connectivity index (χ1v) is 15.0. The fourth-order valence-corrected chi connectivity index (χ4v) is 5.56. The van der Waals surface area contributed by atoms with Crippen LogP contribution in [0.2, 0.25) is 0 Å². The number of nitrogens with zero attached hydrogens (tertiary/aromatic N) is 1. The van der Waals surface area contributed by atoms with Crippen LogP contribution < -0.4 is 14.4 Å². The molecule has 0 saturated heterocycles. The van der Waals surface area contributed by atoms with E-state index in [0.717, 1.165) is 5.56 Å². The molecule has 1 aliphatic rings. The van der Waals surface area contributed by atoms with E-state index in [2.05, 4.69) is 13.2 Å². The summed E-state index contributed by atoms with van der Waals surface area (Å²) in [6.07, 6.45) is 4.88. The van der Waals surface area contributed by atoms with Crippen molar-refractivity contribution >= 4 is 23.5 Å². The maximum absolute atomic E-state index is 14.7. The van der Waals surface area contributed by atoms with Crippen molar-refractivity contribution in [1.29, 1.82) is 0 Å². The van der Waals surface area contributed by atoms with Gasteiger partial charge in [0.05, 0.1) is 7.11 Å². The average molecular weight is 630 g/mol. The number of ether oxygens (including phenoxy) is 4. The zero-order valence-electron chi connectivity index (χ0n) is 26.1. The lowest BCUT2D eigenvalue weighted by molar-refractivity contribution is -0.145. The van der Waals surface area contributed by atoms with Crippen LogP contribution in [0.3, 0.4) is 0 Å². The second-order valence-corrected chi connectivity index (χ2v) is 10.7. The Balaban J connectivity index is 1.43. The summed E-state index contributed by atoms with van der Waals surface area (Å²) >= 11 is 0. The second kappa shape index (κ2) is 14.9. The number of methoxy groups -OCH3 is 1. The summed E-state index contributed by atoms with van der Waals surface area (Å²) in [5, 5.41) is 0. The van der Waals surface area contributed by atoms with Crippen molar-refractivity contribution in [3.05, 3.63) is 162 Å². The third kappa shape index (κ3) is 7.02. The number of carbonyl (C=O) groups excluding carboxylic acids is 3. The summed E-state index contributed by atoms with van der Waals surface area (Å²) in [7, 11) is 1.58. The maximum Gasteiger partial charge on any atom is 0.344 e. The number of rotatable bonds is 14. The van der Waals surface area contributed by atoms with Gasteiger partial charge in [0, 0.05) is 11.3 Å². The summed E-state index contributed by atoms with van der Waals surface area (Å²) in [6.45, 7) is 6.91. The molecule has 0 saturated carbocycles. The SMILES string of the molecule is C=C/C=C(\C=C)COC(=O)COc1ccc(C2(c3ccc(OC)cc3)C(=O)N(CC(=O)OCc3ccccc3)c3ccccc32)cc1. The summed E-state index contributed by atoms with van der Waals surface area (Å²) < 4.78 is 21.9. The van der Waals surface area contributed by atoms with Gasteiger partial charge < -0.3 is 18.9 Å². The molecule has 5 rings (SSSR count). The lowest BCUT2D eigenvalue weighted by Gasteiger charge is -2.30. The van der Waals surface area contributed by atoms with E-state index < -0.39 is 17.4 Å². The van der Waals surface area contributed by atoms with Gasteiger partial charge in [0.25, 0.3) is 0 Å². The molecule has 4 aromatic rings. The molecule has 1 atom stereocenters. The molecule has 4 aromatic carbocycles. The van der Waals surface area contributed by atoms with Gasteiger partial charge in [0.1, 0.15) is 36.7 Å². The van der Waals surface area contributed by atoms with Gasteiger partial charge in [-0.2, -0.15) is 0 Å². The van der Waals surface area contributed by atoms with Crippen LogP contribution in [0.15, 0.2) is 140 Å². The van der Waals surface area contributed by atoms with Gasteiger partial charge in [-0.05, 0) is 52.6 Å². The zero-order chi connectivity index (χ0) is 33.2. The predicted molar refractivity (Wildman–Crippen MR) is 179 cm³/mol. The van der Waals surface area contributed by atoms with Crippen molar-refractivity contribution in [3.63, 3.8) is 0 Å². The number of benzene rings is 4. The first kappa shape index (κ1) is 32.5. The summed E-state index contributed by atoms with van der Waals surface area (Å²) in [4.78, 5) is 41.6. The number of carbonyl (C=O) groups is 3. The molecule has 0 spiro atoms. The molecule has 0 radical (unpaired) electrons. The Bertz CT molecular complexity index is 1780. The molecule has 0 fully saturated rings. The summed E-state index contributed by atoms with van der Waals surface area (Å²) in [5.41, 5.74) is 2.94. The first-order valence-electron chi connectivity index (χ1n) is 15.0. The van der Waals surface area contributed by atoms with Crippen LogP contribution in [0.25, 0.3) is 0 Å². The minimum atomic E-state index is -1.29. The van der Waals surface area contributed by atoms with Crippen molar-refractivity contribution in [3.8, 4) is 11.5 Å². The molecule has 0 aliphatic carbocycles. The molecule has 238 valence electrons. The molecular weight excluding hydrogens is 594 g/mol. The Morgan fingerprint density at radius 1 is 0.766 bits per heavy atom. The summed E-state index contributed by atoms with van der Waals surface area (Å²) in [6, 6.07) is 31.1. The molecule has 0 N–H and O–H groups in total. The molecule has 8 nitrogen and oxygen atoms in total. The number of para-hydroxylation sites is 1. The highest BCUT2D eigenvalue weighted by Crippen LogP contribution is 2.50. The van der Waals surface area contributed by atoms with E-state index in [1.807, 2.05) is 66.7 Å². The minimum Gasteiger partial charge on any atom is -0.497 e. The van der Waals surface area contributed by atoms with E-state index in [-0.39, 0.29) is 32.3 Å². The Hall–Kier alpha value is -5.89. The molecule has 47 heavy (non-hydrogen) atoms. The third-order valence-electron chi connectivity index (χ3n) is 7.86. The monoisotopic (exact) mass is 629 g/mol. The molecule has 8 heteroatoms. The smallest absolute Gasteiger partial charge is 0.344 e. The van der Waals surface area contributed by atoms with Crippen molar-refractivity contribution in [2.45, 2.75) is 12.0 Å². The van der Waals surface area contributed by atoms with Crippen molar-refractivity contribution < 1.29 is 33.3 Å². The minimum absolute atomic E-state index is 0.0544. The Kier molecular flexibility index (Phi) is 10.3. The molecule has 1 heterocycles. The maximum atomic E-state index is 14.7. The highest BCUT2D eigenvalue weighted by Gasteiger charge is 2.53. The molecule has 0 bridgehead atoms. The van der Waals surface area contributed by atoms with E-state index in [1.54, 1.807) is 61.7 Å². The topological polar surface area (TPSA) is 91.4 Å². The normalized spacial score (nSPS) is 15.4. The van der Waals surface area contributed by atoms with Crippen LogP contribution in [0.4, 0.5) is 5.69 Å². The van der Waals surface area contributed by atoms with Crippen LogP contribution in [-0.2, 0) is 35.9 Å². The van der Waals surface area contributed by atoms with E-state index in [4.69, 9.17) is 18.9 Å². The number of anilines is 1. The van der Waals surface area contributed by atoms with Gasteiger partial charge in [-0.25, -0.2) is 4.79 Å². The van der Waals surface area contributed by atoms with E-state index in [9.17, 15) is 14.4 Å². The first-order chi connectivity index (χ1) is 22.9. The van der Waals surface area contributed by atoms with E-state index in [0.29, 0.717) is 39.4 Å². The highest BCUT2D eigenvalue weighted by molar-refractivity contribution is 6.14. The third-order valence-corrected chi connectivity index (χ3v) is 7.86. The van der Waals surface area contributed by atoms with Gasteiger partial charge >= 0.3 is 11.9 Å². The van der Waals surface area contributed by atoms with Crippen LogP contribution in [-0.4, -0.2) is 44.7 Å².